The van der Waals surface area contributed by atoms with E-state index >= 15 is 0 Å². The molecule has 0 atom stereocenters. The molecule has 0 saturated heterocycles. The van der Waals surface area contributed by atoms with Crippen LogP contribution in [-0.2, 0) is 6.42 Å². The molecule has 0 spiro atoms. The van der Waals surface area contributed by atoms with Crippen LogP contribution in [0.5, 0.6) is 0 Å². The van der Waals surface area contributed by atoms with Gasteiger partial charge in [-0.3, -0.25) is 10.1 Å². The molecule has 0 fully saturated rings. The molecule has 0 aliphatic heterocycles. The number of pyridine rings is 1. The molecule has 1 heterocycles. The molecule has 0 saturated carbocycles. The fraction of sp³-hybridized carbons (Fsp3) is 0.438. The maximum Gasteiger partial charge on any atom is 0.309 e. The Hall–Kier alpha value is -1.68. The quantitative estimate of drug-likeness (QED) is 0.582. The predicted molar refractivity (Wildman–Crippen MR) is 86.0 cm³/mol. The lowest BCUT2D eigenvalue weighted by molar-refractivity contribution is -0.385. The Balaban J connectivity index is 2.74. The topological polar surface area (TPSA) is 56.0 Å². The fourth-order valence-corrected chi connectivity index (χ4v) is 2.68. The van der Waals surface area contributed by atoms with Crippen molar-refractivity contribution in [2.75, 3.05) is 0 Å². The van der Waals surface area contributed by atoms with Gasteiger partial charge in [-0.05, 0) is 36.0 Å². The van der Waals surface area contributed by atoms with Crippen LogP contribution in [0, 0.1) is 16.0 Å². The minimum atomic E-state index is -0.422. The Morgan fingerprint density at radius 2 is 1.95 bits per heavy atom. The van der Waals surface area contributed by atoms with Gasteiger partial charge in [0.05, 0.1) is 10.4 Å². The normalized spacial score (nSPS) is 11.6. The first kappa shape index (κ1) is 15.7. The van der Waals surface area contributed by atoms with Crippen LogP contribution in [-0.4, -0.2) is 9.91 Å². The minimum Gasteiger partial charge on any atom is -0.258 e. The number of aromatic nitrogens is 1. The number of fused-ring (bicyclic) bond motifs is 1. The number of rotatable bonds is 4. The number of hydrogen-bond donors (Lipinski definition) is 0. The summed E-state index contributed by atoms with van der Waals surface area (Å²) in [7, 11) is 0. The van der Waals surface area contributed by atoms with Crippen LogP contribution >= 0.6 is 11.6 Å². The van der Waals surface area contributed by atoms with E-state index in [1.807, 2.05) is 32.0 Å². The van der Waals surface area contributed by atoms with E-state index in [1.54, 1.807) is 0 Å². The van der Waals surface area contributed by atoms with E-state index < -0.39 is 4.92 Å². The van der Waals surface area contributed by atoms with Crippen molar-refractivity contribution in [1.29, 1.82) is 0 Å². The van der Waals surface area contributed by atoms with E-state index in [9.17, 15) is 10.1 Å². The van der Waals surface area contributed by atoms with Gasteiger partial charge in [0, 0.05) is 5.39 Å². The summed E-state index contributed by atoms with van der Waals surface area (Å²) in [4.78, 5) is 15.4. The van der Waals surface area contributed by atoms with Crippen molar-refractivity contribution in [3.63, 3.8) is 0 Å². The van der Waals surface area contributed by atoms with Crippen molar-refractivity contribution in [1.82, 2.24) is 4.98 Å². The molecule has 1 aromatic heterocycles. The lowest BCUT2D eigenvalue weighted by Crippen LogP contribution is -2.04. The zero-order valence-electron chi connectivity index (χ0n) is 12.7. The summed E-state index contributed by atoms with van der Waals surface area (Å²) in [5.41, 5.74) is 2.21. The summed E-state index contributed by atoms with van der Waals surface area (Å²) >= 11 is 6.32. The van der Waals surface area contributed by atoms with E-state index in [1.165, 1.54) is 0 Å². The second-order valence-electron chi connectivity index (χ2n) is 6.01. The van der Waals surface area contributed by atoms with Crippen LogP contribution in [0.25, 0.3) is 10.9 Å². The molecule has 0 aliphatic carbocycles. The van der Waals surface area contributed by atoms with Crippen LogP contribution in [0.3, 0.4) is 0 Å². The Morgan fingerprint density at radius 1 is 1.29 bits per heavy atom. The molecule has 0 N–H and O–H groups in total. The first-order valence-corrected chi connectivity index (χ1v) is 7.45. The third kappa shape index (κ3) is 3.16. The van der Waals surface area contributed by atoms with Gasteiger partial charge in [-0.25, -0.2) is 4.98 Å². The number of nitro groups is 1. The highest BCUT2D eigenvalue weighted by atomic mass is 35.5. The zero-order valence-corrected chi connectivity index (χ0v) is 13.4. The Bertz CT molecular complexity index is 696. The molecule has 0 bridgehead atoms. The van der Waals surface area contributed by atoms with Crippen molar-refractivity contribution in [3.05, 3.63) is 44.6 Å². The molecule has 0 amide bonds. The van der Waals surface area contributed by atoms with Crippen LogP contribution < -0.4 is 0 Å². The van der Waals surface area contributed by atoms with Gasteiger partial charge in [0.25, 0.3) is 0 Å². The molecular weight excluding hydrogens is 288 g/mol. The third-order valence-electron chi connectivity index (χ3n) is 3.44. The average molecular weight is 307 g/mol. The Labute approximate surface area is 129 Å². The van der Waals surface area contributed by atoms with E-state index in [0.29, 0.717) is 28.9 Å². The molecule has 2 rings (SSSR count). The number of halogens is 1. The molecule has 112 valence electrons. The van der Waals surface area contributed by atoms with Crippen molar-refractivity contribution in [2.45, 2.75) is 40.0 Å². The fourth-order valence-electron chi connectivity index (χ4n) is 2.35. The second kappa shape index (κ2) is 5.98. The highest BCUT2D eigenvalue weighted by Crippen LogP contribution is 2.36. The summed E-state index contributed by atoms with van der Waals surface area (Å²) in [5.74, 6) is 0.611. The molecule has 21 heavy (non-hydrogen) atoms. The molecule has 0 radical (unpaired) electrons. The van der Waals surface area contributed by atoms with Crippen LogP contribution in [0.1, 0.15) is 44.9 Å². The summed E-state index contributed by atoms with van der Waals surface area (Å²) in [5, 5.41) is 12.2. The van der Waals surface area contributed by atoms with E-state index in [4.69, 9.17) is 11.6 Å². The molecule has 4 nitrogen and oxygen atoms in total. The average Bonchev–Trinajstić information content (AvgIpc) is 2.37. The summed E-state index contributed by atoms with van der Waals surface area (Å²) in [6.07, 6.45) is 0.540. The summed E-state index contributed by atoms with van der Waals surface area (Å²) in [6.45, 7) is 8.16. The van der Waals surface area contributed by atoms with Gasteiger partial charge in [0.2, 0.25) is 0 Å². The third-order valence-corrected chi connectivity index (χ3v) is 3.83. The van der Waals surface area contributed by atoms with E-state index in [-0.39, 0.29) is 16.6 Å². The molecule has 0 aliphatic rings. The van der Waals surface area contributed by atoms with Gasteiger partial charge in [0.15, 0.2) is 0 Å². The number of benzene rings is 1. The second-order valence-corrected chi connectivity index (χ2v) is 6.39. The lowest BCUT2D eigenvalue weighted by Gasteiger charge is -2.11. The summed E-state index contributed by atoms with van der Waals surface area (Å²) < 4.78 is 0. The number of hydrogen-bond acceptors (Lipinski definition) is 3. The molecule has 2 aromatic rings. The smallest absolute Gasteiger partial charge is 0.258 e. The van der Waals surface area contributed by atoms with Crippen molar-refractivity contribution >= 4 is 28.2 Å². The van der Waals surface area contributed by atoms with Gasteiger partial charge >= 0.3 is 5.69 Å². The van der Waals surface area contributed by atoms with Crippen molar-refractivity contribution in [2.24, 2.45) is 5.92 Å². The standard InChI is InChI=1S/C16H19ClN2O2/c1-9(2)7-14-16(19(20)21)15(17)12-8-11(10(3)4)5-6-13(12)18-14/h5-6,8-10H,7H2,1-4H3. The maximum atomic E-state index is 11.4. The van der Waals surface area contributed by atoms with Crippen LogP contribution in [0.2, 0.25) is 5.02 Å². The minimum absolute atomic E-state index is 0.0567. The van der Waals surface area contributed by atoms with Gasteiger partial charge in [0.1, 0.15) is 10.7 Å². The first-order valence-electron chi connectivity index (χ1n) is 7.07. The van der Waals surface area contributed by atoms with Crippen LogP contribution in [0.15, 0.2) is 18.2 Å². The number of nitrogens with zero attached hydrogens (tertiary/aromatic N) is 2. The first-order chi connectivity index (χ1) is 9.81. The highest BCUT2D eigenvalue weighted by Gasteiger charge is 2.24. The van der Waals surface area contributed by atoms with Gasteiger partial charge in [-0.15, -0.1) is 0 Å². The largest absolute Gasteiger partial charge is 0.309 e. The summed E-state index contributed by atoms with van der Waals surface area (Å²) in [6, 6.07) is 5.80. The Morgan fingerprint density at radius 3 is 2.48 bits per heavy atom. The molecule has 1 aromatic carbocycles. The van der Waals surface area contributed by atoms with Crippen molar-refractivity contribution in [3.8, 4) is 0 Å². The lowest BCUT2D eigenvalue weighted by atomic mass is 9.99. The van der Waals surface area contributed by atoms with E-state index in [2.05, 4.69) is 18.8 Å². The van der Waals surface area contributed by atoms with Gasteiger partial charge < -0.3 is 0 Å². The van der Waals surface area contributed by atoms with Gasteiger partial charge in [-0.2, -0.15) is 0 Å². The monoisotopic (exact) mass is 306 g/mol. The highest BCUT2D eigenvalue weighted by molar-refractivity contribution is 6.37. The predicted octanol–water partition coefficient (Wildman–Crippen LogP) is 5.12. The maximum absolute atomic E-state index is 11.4. The zero-order chi connectivity index (χ0) is 15.7. The van der Waals surface area contributed by atoms with Gasteiger partial charge in [-0.1, -0.05) is 45.4 Å². The van der Waals surface area contributed by atoms with Crippen molar-refractivity contribution < 1.29 is 4.92 Å². The molecule has 5 heteroatoms. The van der Waals surface area contributed by atoms with E-state index in [0.717, 1.165) is 5.56 Å². The van der Waals surface area contributed by atoms with Crippen LogP contribution in [0.4, 0.5) is 5.69 Å². The molecule has 0 unspecified atom stereocenters. The Kier molecular flexibility index (Phi) is 4.47. The molecular formula is C16H19ClN2O2. The SMILES string of the molecule is CC(C)Cc1nc2ccc(C(C)C)cc2c(Cl)c1[N+](=O)[O-].